The van der Waals surface area contributed by atoms with E-state index in [0.29, 0.717) is 0 Å². The van der Waals surface area contributed by atoms with Gasteiger partial charge in [-0.1, -0.05) is 18.2 Å². The third kappa shape index (κ3) is 3.76. The van der Waals surface area contributed by atoms with Crippen LogP contribution >= 0.6 is 0 Å². The molecule has 0 atom stereocenters. The molecule has 4 N–H and O–H groups in total. The van der Waals surface area contributed by atoms with E-state index in [1.165, 1.54) is 7.11 Å². The first-order chi connectivity index (χ1) is 8.04. The van der Waals surface area contributed by atoms with Crippen molar-refractivity contribution >= 4 is 17.7 Å². The van der Waals surface area contributed by atoms with Crippen LogP contribution in [0.4, 0.5) is 10.5 Å². The smallest absolute Gasteiger partial charge is 0.345 e. The van der Waals surface area contributed by atoms with Gasteiger partial charge in [0.2, 0.25) is 5.96 Å². The fraction of sp³-hybridized carbons (Fsp3) is 0.273. The zero-order chi connectivity index (χ0) is 12.8. The largest absolute Gasteiger partial charge is 0.369 e. The molecule has 0 saturated heterocycles. The van der Waals surface area contributed by atoms with Crippen LogP contribution in [0.1, 0.15) is 11.1 Å². The predicted molar refractivity (Wildman–Crippen MR) is 65.9 cm³/mol. The number of carbonyl (C=O) groups is 1. The Balaban J connectivity index is 2.84. The lowest BCUT2D eigenvalue weighted by atomic mass is 10.1. The third-order valence-electron chi connectivity index (χ3n) is 2.11. The maximum absolute atomic E-state index is 11.1. The van der Waals surface area contributed by atoms with Crippen LogP contribution in [-0.2, 0) is 4.84 Å². The van der Waals surface area contributed by atoms with E-state index in [0.717, 1.165) is 16.8 Å². The first-order valence-corrected chi connectivity index (χ1v) is 5.05. The van der Waals surface area contributed by atoms with Crippen LogP contribution in [-0.4, -0.2) is 19.1 Å². The van der Waals surface area contributed by atoms with Gasteiger partial charge in [-0.25, -0.2) is 15.3 Å². The predicted octanol–water partition coefficient (Wildman–Crippen LogP) is 1.11. The Bertz CT molecular complexity index is 423. The third-order valence-corrected chi connectivity index (χ3v) is 2.11. The number of rotatable bonds is 2. The first kappa shape index (κ1) is 13.0. The second kappa shape index (κ2) is 5.86. The minimum Gasteiger partial charge on any atom is -0.369 e. The fourth-order valence-electron chi connectivity index (χ4n) is 1.36. The Morgan fingerprint density at radius 1 is 1.35 bits per heavy atom. The fourth-order valence-corrected chi connectivity index (χ4v) is 1.36. The molecule has 0 aliphatic rings. The van der Waals surface area contributed by atoms with Crippen molar-refractivity contribution < 1.29 is 9.63 Å². The van der Waals surface area contributed by atoms with Gasteiger partial charge in [0.15, 0.2) is 0 Å². The lowest BCUT2D eigenvalue weighted by Crippen LogP contribution is -2.42. The summed E-state index contributed by atoms with van der Waals surface area (Å²) in [6, 6.07) is 5.22. The van der Waals surface area contributed by atoms with E-state index < -0.39 is 6.03 Å². The van der Waals surface area contributed by atoms with Crippen molar-refractivity contribution in [3.63, 3.8) is 0 Å². The van der Waals surface area contributed by atoms with Crippen molar-refractivity contribution in [1.82, 2.24) is 10.8 Å². The van der Waals surface area contributed by atoms with E-state index in [1.807, 2.05) is 32.0 Å². The molecular formula is C11H16N4O2. The average Bonchev–Trinajstić information content (AvgIpc) is 2.24. The van der Waals surface area contributed by atoms with Crippen LogP contribution in [0.3, 0.4) is 0 Å². The van der Waals surface area contributed by atoms with Crippen LogP contribution in [0.5, 0.6) is 0 Å². The molecule has 92 valence electrons. The van der Waals surface area contributed by atoms with E-state index in [9.17, 15) is 4.79 Å². The van der Waals surface area contributed by atoms with Crippen LogP contribution in [0.2, 0.25) is 0 Å². The number of nitrogens with two attached hydrogens (primary N) is 1. The van der Waals surface area contributed by atoms with Crippen molar-refractivity contribution in [1.29, 1.82) is 0 Å². The molecule has 1 rings (SSSR count). The molecular weight excluding hydrogens is 220 g/mol. The van der Waals surface area contributed by atoms with Crippen molar-refractivity contribution in [2.45, 2.75) is 13.8 Å². The van der Waals surface area contributed by atoms with Gasteiger partial charge in [-0.15, -0.1) is 0 Å². The molecule has 0 bridgehead atoms. The second-order valence-corrected chi connectivity index (χ2v) is 3.50. The number of aryl methyl sites for hydroxylation is 2. The number of carbonyl (C=O) groups excluding carboxylic acids is 1. The molecule has 0 spiro atoms. The monoisotopic (exact) mass is 236 g/mol. The standard InChI is InChI=1S/C11H16N4O2/c1-7-5-4-6-8(2)9(7)13-10(12)14-11(16)15-17-3/h4-6H,1-3H3,(H4,12,13,14,15,16). The van der Waals surface area contributed by atoms with Crippen LogP contribution < -0.4 is 16.5 Å². The number of nitrogens with one attached hydrogen (secondary N) is 2. The van der Waals surface area contributed by atoms with E-state index in [2.05, 4.69) is 20.6 Å². The Morgan fingerprint density at radius 2 is 1.94 bits per heavy atom. The van der Waals surface area contributed by atoms with Gasteiger partial charge in [0.05, 0.1) is 12.8 Å². The zero-order valence-corrected chi connectivity index (χ0v) is 10.1. The van der Waals surface area contributed by atoms with Crippen molar-refractivity contribution in [3.05, 3.63) is 29.3 Å². The Kier molecular flexibility index (Phi) is 4.47. The summed E-state index contributed by atoms with van der Waals surface area (Å²) in [5.41, 5.74) is 10.4. The molecule has 1 aromatic rings. The number of amides is 2. The van der Waals surface area contributed by atoms with Crippen LogP contribution in [0, 0.1) is 13.8 Å². The summed E-state index contributed by atoms with van der Waals surface area (Å²) < 4.78 is 0. The highest BCUT2D eigenvalue weighted by Gasteiger charge is 2.04. The molecule has 0 saturated carbocycles. The van der Waals surface area contributed by atoms with Crippen molar-refractivity contribution in [3.8, 4) is 0 Å². The lowest BCUT2D eigenvalue weighted by Gasteiger charge is -2.07. The lowest BCUT2D eigenvalue weighted by molar-refractivity contribution is 0.110. The average molecular weight is 236 g/mol. The van der Waals surface area contributed by atoms with E-state index in [-0.39, 0.29) is 5.96 Å². The van der Waals surface area contributed by atoms with E-state index in [4.69, 9.17) is 5.73 Å². The molecule has 0 aliphatic carbocycles. The second-order valence-electron chi connectivity index (χ2n) is 3.50. The number of hydrogen-bond acceptors (Lipinski definition) is 3. The zero-order valence-electron chi connectivity index (χ0n) is 10.1. The first-order valence-electron chi connectivity index (χ1n) is 5.05. The van der Waals surface area contributed by atoms with Gasteiger partial charge < -0.3 is 5.73 Å². The summed E-state index contributed by atoms with van der Waals surface area (Å²) in [7, 11) is 1.33. The maximum atomic E-state index is 11.1. The number of para-hydroxylation sites is 1. The van der Waals surface area contributed by atoms with Crippen LogP contribution in [0.25, 0.3) is 0 Å². The van der Waals surface area contributed by atoms with Gasteiger partial charge in [-0.3, -0.25) is 10.2 Å². The Hall–Kier alpha value is -2.08. The summed E-state index contributed by atoms with van der Waals surface area (Å²) in [6.45, 7) is 3.85. The molecule has 0 fully saturated rings. The van der Waals surface area contributed by atoms with E-state index >= 15 is 0 Å². The highest BCUT2D eigenvalue weighted by atomic mass is 16.6. The highest BCUT2D eigenvalue weighted by molar-refractivity contribution is 5.96. The molecule has 6 nitrogen and oxygen atoms in total. The van der Waals surface area contributed by atoms with Gasteiger partial charge in [-0.2, -0.15) is 0 Å². The molecule has 0 unspecified atom stereocenters. The summed E-state index contributed by atoms with van der Waals surface area (Å²) in [5.74, 6) is 0.0111. The summed E-state index contributed by atoms with van der Waals surface area (Å²) >= 11 is 0. The summed E-state index contributed by atoms with van der Waals surface area (Å²) in [5, 5.41) is 2.34. The van der Waals surface area contributed by atoms with Crippen molar-refractivity contribution in [2.24, 2.45) is 10.7 Å². The maximum Gasteiger partial charge on any atom is 0.345 e. The van der Waals surface area contributed by atoms with E-state index in [1.54, 1.807) is 0 Å². The van der Waals surface area contributed by atoms with Gasteiger partial charge in [0, 0.05) is 0 Å². The number of hydrogen-bond donors (Lipinski definition) is 3. The molecule has 1 aromatic carbocycles. The molecule has 0 radical (unpaired) electrons. The van der Waals surface area contributed by atoms with Gasteiger partial charge in [0.25, 0.3) is 0 Å². The highest BCUT2D eigenvalue weighted by Crippen LogP contribution is 2.22. The Morgan fingerprint density at radius 3 is 2.47 bits per heavy atom. The normalized spacial score (nSPS) is 11.1. The number of hydroxylamine groups is 1. The molecule has 0 heterocycles. The van der Waals surface area contributed by atoms with Crippen LogP contribution in [0.15, 0.2) is 23.2 Å². The molecule has 2 amide bonds. The quantitative estimate of drug-likeness (QED) is 0.408. The number of aliphatic imine (C=N–C) groups is 1. The molecule has 0 aromatic heterocycles. The number of nitrogens with zero attached hydrogens (tertiary/aromatic N) is 1. The summed E-state index contributed by atoms with van der Waals surface area (Å²) in [6.07, 6.45) is 0. The van der Waals surface area contributed by atoms with Gasteiger partial charge in [-0.05, 0) is 25.0 Å². The minimum absolute atomic E-state index is 0.0111. The topological polar surface area (TPSA) is 88.7 Å². The van der Waals surface area contributed by atoms with Gasteiger partial charge >= 0.3 is 6.03 Å². The number of guanidine groups is 1. The van der Waals surface area contributed by atoms with Gasteiger partial charge in [0.1, 0.15) is 0 Å². The molecule has 17 heavy (non-hydrogen) atoms. The number of urea groups is 1. The minimum atomic E-state index is -0.569. The summed E-state index contributed by atoms with van der Waals surface area (Å²) in [4.78, 5) is 19.7. The molecule has 0 aliphatic heterocycles. The number of benzene rings is 1. The SMILES string of the molecule is CONC(=O)NC(N)=Nc1c(C)cccc1C. The van der Waals surface area contributed by atoms with Crippen molar-refractivity contribution in [2.75, 3.05) is 7.11 Å². The molecule has 6 heteroatoms. The Labute approximate surface area is 99.8 Å².